The van der Waals surface area contributed by atoms with E-state index in [9.17, 15) is 9.90 Å². The van der Waals surface area contributed by atoms with Gasteiger partial charge in [0.2, 0.25) is 0 Å². The number of rotatable bonds is 5. The van der Waals surface area contributed by atoms with Crippen molar-refractivity contribution in [2.75, 3.05) is 20.8 Å². The lowest BCUT2D eigenvalue weighted by Gasteiger charge is -2.14. The normalized spacial score (nSPS) is 24.7. The molecule has 1 saturated carbocycles. The zero-order chi connectivity index (χ0) is 15.4. The second-order valence-corrected chi connectivity index (χ2v) is 5.22. The fourth-order valence-electron chi connectivity index (χ4n) is 2.66. The number of carbonyl (C=O) groups is 1. The van der Waals surface area contributed by atoms with E-state index in [-0.39, 0.29) is 24.5 Å². The number of hydrogen-bond donors (Lipinski definition) is 3. The Morgan fingerprint density at radius 2 is 2.00 bits per heavy atom. The molecule has 0 bridgehead atoms. The Labute approximate surface area is 123 Å². The van der Waals surface area contributed by atoms with Crippen molar-refractivity contribution in [1.29, 1.82) is 0 Å². The molecule has 21 heavy (non-hydrogen) atoms. The van der Waals surface area contributed by atoms with Crippen LogP contribution in [-0.2, 0) is 0 Å². The van der Waals surface area contributed by atoms with E-state index in [0.717, 1.165) is 0 Å². The van der Waals surface area contributed by atoms with Gasteiger partial charge in [0.05, 0.1) is 20.3 Å². The smallest absolute Gasteiger partial charge is 0.251 e. The minimum Gasteiger partial charge on any atom is -0.493 e. The van der Waals surface area contributed by atoms with Gasteiger partial charge in [-0.05, 0) is 31.0 Å². The van der Waals surface area contributed by atoms with Crippen LogP contribution in [0.2, 0.25) is 0 Å². The number of carbonyl (C=O) groups excluding carboxylic acids is 1. The molecule has 0 radical (unpaired) electrons. The maximum Gasteiger partial charge on any atom is 0.251 e. The lowest BCUT2D eigenvalue weighted by molar-refractivity contribution is 0.0903. The minimum absolute atomic E-state index is 0.0656. The number of nitrogens with one attached hydrogen (secondary N) is 1. The summed E-state index contributed by atoms with van der Waals surface area (Å²) in [5.41, 5.74) is 0.467. The van der Waals surface area contributed by atoms with Gasteiger partial charge in [-0.15, -0.1) is 0 Å². The van der Waals surface area contributed by atoms with Crippen molar-refractivity contribution >= 4 is 5.91 Å². The van der Waals surface area contributed by atoms with Crippen molar-refractivity contribution in [1.82, 2.24) is 5.32 Å². The van der Waals surface area contributed by atoms with Crippen molar-refractivity contribution in [2.24, 2.45) is 5.92 Å². The van der Waals surface area contributed by atoms with Gasteiger partial charge in [-0.1, -0.05) is 0 Å². The summed E-state index contributed by atoms with van der Waals surface area (Å²) in [7, 11) is 3.05. The van der Waals surface area contributed by atoms with Crippen molar-refractivity contribution < 1.29 is 24.5 Å². The molecule has 1 aromatic carbocycles. The molecule has 1 amide bonds. The molecule has 1 aliphatic carbocycles. The molecular weight excluding hydrogens is 274 g/mol. The van der Waals surface area contributed by atoms with E-state index in [2.05, 4.69) is 5.32 Å². The fraction of sp³-hybridized carbons (Fsp3) is 0.533. The topological polar surface area (TPSA) is 88.0 Å². The molecule has 1 aromatic rings. The monoisotopic (exact) mass is 295 g/mol. The predicted molar refractivity (Wildman–Crippen MR) is 76.6 cm³/mol. The van der Waals surface area contributed by atoms with Crippen LogP contribution in [0.3, 0.4) is 0 Å². The molecule has 3 N–H and O–H groups in total. The summed E-state index contributed by atoms with van der Waals surface area (Å²) >= 11 is 0. The Balaban J connectivity index is 2.04. The Morgan fingerprint density at radius 3 is 2.57 bits per heavy atom. The molecule has 3 atom stereocenters. The van der Waals surface area contributed by atoms with Gasteiger partial charge in [0.15, 0.2) is 11.5 Å². The highest BCUT2D eigenvalue weighted by atomic mass is 16.5. The summed E-state index contributed by atoms with van der Waals surface area (Å²) in [5, 5.41) is 21.7. The van der Waals surface area contributed by atoms with Gasteiger partial charge in [-0.25, -0.2) is 0 Å². The van der Waals surface area contributed by atoms with E-state index in [1.807, 2.05) is 0 Å². The number of aliphatic hydroxyl groups excluding tert-OH is 2. The molecule has 6 heteroatoms. The van der Waals surface area contributed by atoms with Gasteiger partial charge < -0.3 is 25.0 Å². The summed E-state index contributed by atoms with van der Waals surface area (Å²) in [6.45, 7) is -0.0656. The summed E-state index contributed by atoms with van der Waals surface area (Å²) in [6, 6.07) is 4.82. The van der Waals surface area contributed by atoms with Crippen LogP contribution in [0.15, 0.2) is 18.2 Å². The Kier molecular flexibility index (Phi) is 5.03. The van der Waals surface area contributed by atoms with Crippen molar-refractivity contribution in [3.8, 4) is 11.5 Å². The third-order valence-electron chi connectivity index (χ3n) is 3.87. The minimum atomic E-state index is -0.564. The van der Waals surface area contributed by atoms with E-state index in [0.29, 0.717) is 29.9 Å². The third kappa shape index (κ3) is 3.46. The largest absolute Gasteiger partial charge is 0.493 e. The fourth-order valence-corrected chi connectivity index (χ4v) is 2.66. The number of aliphatic hydroxyl groups is 2. The van der Waals surface area contributed by atoms with Crippen LogP contribution in [0.1, 0.15) is 23.2 Å². The number of hydrogen-bond acceptors (Lipinski definition) is 5. The van der Waals surface area contributed by atoms with E-state index >= 15 is 0 Å². The lowest BCUT2D eigenvalue weighted by Crippen LogP contribution is -2.33. The zero-order valence-corrected chi connectivity index (χ0v) is 12.2. The first-order chi connectivity index (χ1) is 10.1. The third-order valence-corrected chi connectivity index (χ3v) is 3.87. The molecule has 0 unspecified atom stereocenters. The summed E-state index contributed by atoms with van der Waals surface area (Å²) in [5.74, 6) is 0.656. The molecule has 0 aromatic heterocycles. The lowest BCUT2D eigenvalue weighted by atomic mass is 10.1. The van der Waals surface area contributed by atoms with Gasteiger partial charge in [0.25, 0.3) is 5.91 Å². The molecule has 0 heterocycles. The molecule has 2 rings (SSSR count). The molecule has 0 saturated heterocycles. The van der Waals surface area contributed by atoms with E-state index < -0.39 is 6.10 Å². The number of methoxy groups -OCH3 is 2. The molecule has 6 nitrogen and oxygen atoms in total. The van der Waals surface area contributed by atoms with Crippen LogP contribution < -0.4 is 14.8 Å². The highest BCUT2D eigenvalue weighted by Crippen LogP contribution is 2.29. The highest BCUT2D eigenvalue weighted by molar-refractivity contribution is 5.95. The molecule has 0 aliphatic heterocycles. The van der Waals surface area contributed by atoms with Crippen LogP contribution >= 0.6 is 0 Å². The van der Waals surface area contributed by atoms with Gasteiger partial charge in [0.1, 0.15) is 0 Å². The molecule has 1 fully saturated rings. The second kappa shape index (κ2) is 6.78. The van der Waals surface area contributed by atoms with Crippen LogP contribution in [0.4, 0.5) is 0 Å². The number of ether oxygens (including phenoxy) is 2. The molecular formula is C15H21NO5. The Bertz CT molecular complexity index is 505. The van der Waals surface area contributed by atoms with E-state index in [1.165, 1.54) is 14.2 Å². The first-order valence-corrected chi connectivity index (χ1v) is 6.90. The molecule has 1 aliphatic rings. The standard InChI is InChI=1S/C15H21NO5/c1-20-13-4-3-9(6-14(13)21-2)15(19)16-11-5-10(8-17)12(18)7-11/h3-4,6,10-12,17-18H,5,7-8H2,1-2H3,(H,16,19)/t10-,11-,12-/m0/s1. The average Bonchev–Trinajstić information content (AvgIpc) is 2.86. The van der Waals surface area contributed by atoms with E-state index in [4.69, 9.17) is 14.6 Å². The predicted octanol–water partition coefficient (Wildman–Crippen LogP) is 0.565. The highest BCUT2D eigenvalue weighted by Gasteiger charge is 2.33. The van der Waals surface area contributed by atoms with Crippen molar-refractivity contribution in [3.63, 3.8) is 0 Å². The van der Waals surface area contributed by atoms with Crippen LogP contribution in [0, 0.1) is 5.92 Å². The average molecular weight is 295 g/mol. The summed E-state index contributed by atoms with van der Waals surface area (Å²) < 4.78 is 10.3. The van der Waals surface area contributed by atoms with Crippen molar-refractivity contribution in [3.05, 3.63) is 23.8 Å². The summed E-state index contributed by atoms with van der Waals surface area (Å²) in [4.78, 5) is 12.2. The molecule has 0 spiro atoms. The van der Waals surface area contributed by atoms with Crippen LogP contribution in [0.25, 0.3) is 0 Å². The van der Waals surface area contributed by atoms with Gasteiger partial charge in [0, 0.05) is 24.1 Å². The van der Waals surface area contributed by atoms with Gasteiger partial charge in [-0.3, -0.25) is 4.79 Å². The number of amides is 1. The van der Waals surface area contributed by atoms with Gasteiger partial charge in [-0.2, -0.15) is 0 Å². The SMILES string of the molecule is COc1ccc(C(=O)N[C@H]2C[C@@H](CO)[C@@H](O)C2)cc1OC. The van der Waals surface area contributed by atoms with Crippen LogP contribution in [0.5, 0.6) is 11.5 Å². The Hall–Kier alpha value is -1.79. The maximum absolute atomic E-state index is 12.2. The first kappa shape index (κ1) is 15.6. The van der Waals surface area contributed by atoms with E-state index in [1.54, 1.807) is 18.2 Å². The molecule has 116 valence electrons. The second-order valence-electron chi connectivity index (χ2n) is 5.22. The van der Waals surface area contributed by atoms with Gasteiger partial charge >= 0.3 is 0 Å². The van der Waals surface area contributed by atoms with Crippen LogP contribution in [-0.4, -0.2) is 49.1 Å². The van der Waals surface area contributed by atoms with Crippen molar-refractivity contribution in [2.45, 2.75) is 25.0 Å². The maximum atomic E-state index is 12.2. The Morgan fingerprint density at radius 1 is 1.29 bits per heavy atom. The quantitative estimate of drug-likeness (QED) is 0.739. The first-order valence-electron chi connectivity index (χ1n) is 6.90. The number of benzene rings is 1. The zero-order valence-electron chi connectivity index (χ0n) is 12.2. The summed E-state index contributed by atoms with van der Waals surface area (Å²) in [6.07, 6.45) is 0.478.